The average molecular weight is 220 g/mol. The minimum atomic E-state index is 0.449. The Kier molecular flexibility index (Phi) is 3.80. The van der Waals surface area contributed by atoms with Crippen LogP contribution in [0.3, 0.4) is 0 Å². The van der Waals surface area contributed by atoms with Gasteiger partial charge in [0.1, 0.15) is 5.75 Å². The highest BCUT2D eigenvalue weighted by atomic mass is 16.5. The molecule has 3 nitrogen and oxygen atoms in total. The number of hydrogen-bond acceptors (Lipinski definition) is 3. The Balaban J connectivity index is 2.18. The molecule has 2 unspecified atom stereocenters. The van der Waals surface area contributed by atoms with E-state index in [0.29, 0.717) is 18.4 Å². The highest BCUT2D eigenvalue weighted by Crippen LogP contribution is 2.29. The van der Waals surface area contributed by atoms with E-state index in [-0.39, 0.29) is 0 Å². The van der Waals surface area contributed by atoms with Gasteiger partial charge in [-0.3, -0.25) is 0 Å². The minimum absolute atomic E-state index is 0.449. The number of nitrogens with one attached hydrogen (secondary N) is 1. The minimum Gasteiger partial charge on any atom is -0.497 e. The first-order valence-corrected chi connectivity index (χ1v) is 5.90. The highest BCUT2D eigenvalue weighted by molar-refractivity contribution is 5.31. The molecule has 16 heavy (non-hydrogen) atoms. The van der Waals surface area contributed by atoms with Crippen molar-refractivity contribution in [2.75, 3.05) is 26.7 Å². The van der Waals surface area contributed by atoms with Gasteiger partial charge in [0, 0.05) is 5.92 Å². The van der Waals surface area contributed by atoms with Gasteiger partial charge in [-0.25, -0.2) is 0 Å². The quantitative estimate of drug-likeness (QED) is 0.805. The van der Waals surface area contributed by atoms with Crippen molar-refractivity contribution in [3.63, 3.8) is 0 Å². The van der Waals surface area contributed by atoms with E-state index in [1.165, 1.54) is 12.0 Å². The SMILES string of the molecule is COc1cccc(C(CN)C2CCNC2)c1. The van der Waals surface area contributed by atoms with E-state index in [1.54, 1.807) is 7.11 Å². The fourth-order valence-corrected chi connectivity index (χ4v) is 2.49. The number of benzene rings is 1. The summed E-state index contributed by atoms with van der Waals surface area (Å²) in [5.74, 6) is 2.03. The van der Waals surface area contributed by atoms with Crippen LogP contribution < -0.4 is 15.8 Å². The normalized spacial score (nSPS) is 22.0. The van der Waals surface area contributed by atoms with Crippen molar-refractivity contribution in [1.29, 1.82) is 0 Å². The van der Waals surface area contributed by atoms with Crippen molar-refractivity contribution in [3.8, 4) is 5.75 Å². The molecule has 0 saturated carbocycles. The van der Waals surface area contributed by atoms with E-state index < -0.39 is 0 Å². The fraction of sp³-hybridized carbons (Fsp3) is 0.538. The number of methoxy groups -OCH3 is 1. The predicted molar refractivity (Wildman–Crippen MR) is 65.8 cm³/mol. The van der Waals surface area contributed by atoms with Crippen LogP contribution in [0.5, 0.6) is 5.75 Å². The van der Waals surface area contributed by atoms with Crippen molar-refractivity contribution in [2.45, 2.75) is 12.3 Å². The van der Waals surface area contributed by atoms with Crippen molar-refractivity contribution in [2.24, 2.45) is 11.7 Å². The molecule has 1 fully saturated rings. The first-order chi connectivity index (χ1) is 7.85. The van der Waals surface area contributed by atoms with E-state index >= 15 is 0 Å². The third-order valence-electron chi connectivity index (χ3n) is 3.44. The Hall–Kier alpha value is -1.06. The second-order valence-corrected chi connectivity index (χ2v) is 4.37. The molecule has 0 amide bonds. The fourth-order valence-electron chi connectivity index (χ4n) is 2.49. The van der Waals surface area contributed by atoms with Crippen LogP contribution in [0.4, 0.5) is 0 Å². The maximum atomic E-state index is 5.91. The van der Waals surface area contributed by atoms with Crippen LogP contribution in [0.2, 0.25) is 0 Å². The smallest absolute Gasteiger partial charge is 0.119 e. The monoisotopic (exact) mass is 220 g/mol. The van der Waals surface area contributed by atoms with Gasteiger partial charge in [-0.15, -0.1) is 0 Å². The van der Waals surface area contributed by atoms with Gasteiger partial charge in [0.15, 0.2) is 0 Å². The summed E-state index contributed by atoms with van der Waals surface area (Å²) in [7, 11) is 1.70. The number of hydrogen-bond donors (Lipinski definition) is 2. The molecular weight excluding hydrogens is 200 g/mol. The van der Waals surface area contributed by atoms with Gasteiger partial charge in [-0.05, 0) is 49.7 Å². The van der Waals surface area contributed by atoms with Crippen molar-refractivity contribution in [3.05, 3.63) is 29.8 Å². The van der Waals surface area contributed by atoms with Gasteiger partial charge < -0.3 is 15.8 Å². The lowest BCUT2D eigenvalue weighted by molar-refractivity contribution is 0.411. The van der Waals surface area contributed by atoms with Crippen molar-refractivity contribution < 1.29 is 4.74 Å². The van der Waals surface area contributed by atoms with E-state index in [4.69, 9.17) is 10.5 Å². The molecule has 3 heteroatoms. The van der Waals surface area contributed by atoms with Gasteiger partial charge >= 0.3 is 0 Å². The number of nitrogens with two attached hydrogens (primary N) is 1. The van der Waals surface area contributed by atoms with Crippen LogP contribution in [0.15, 0.2) is 24.3 Å². The molecule has 1 aromatic rings. The predicted octanol–water partition coefficient (Wildman–Crippen LogP) is 1.35. The average Bonchev–Trinajstić information content (AvgIpc) is 2.84. The molecule has 2 rings (SSSR count). The zero-order chi connectivity index (χ0) is 11.4. The molecule has 3 N–H and O–H groups in total. The topological polar surface area (TPSA) is 47.3 Å². The molecule has 0 radical (unpaired) electrons. The summed E-state index contributed by atoms with van der Waals surface area (Å²) in [6.45, 7) is 2.91. The molecule has 2 atom stereocenters. The molecule has 1 aromatic carbocycles. The van der Waals surface area contributed by atoms with E-state index in [0.717, 1.165) is 18.8 Å². The molecule has 1 saturated heterocycles. The Labute approximate surface area is 97.0 Å². The maximum absolute atomic E-state index is 5.91. The Morgan fingerprint density at radius 3 is 3.06 bits per heavy atom. The largest absolute Gasteiger partial charge is 0.497 e. The third-order valence-corrected chi connectivity index (χ3v) is 3.44. The highest BCUT2D eigenvalue weighted by Gasteiger charge is 2.25. The van der Waals surface area contributed by atoms with Crippen LogP contribution in [0.25, 0.3) is 0 Å². The number of rotatable bonds is 4. The van der Waals surface area contributed by atoms with Gasteiger partial charge in [-0.2, -0.15) is 0 Å². The standard InChI is InChI=1S/C13H20N2O/c1-16-12-4-2-3-10(7-12)13(8-14)11-5-6-15-9-11/h2-4,7,11,13,15H,5-6,8-9,14H2,1H3. The summed E-state index contributed by atoms with van der Waals surface area (Å²) in [6.07, 6.45) is 1.22. The summed E-state index contributed by atoms with van der Waals surface area (Å²) >= 11 is 0. The summed E-state index contributed by atoms with van der Waals surface area (Å²) in [5, 5.41) is 3.40. The van der Waals surface area contributed by atoms with Gasteiger partial charge in [0.25, 0.3) is 0 Å². The van der Waals surface area contributed by atoms with Gasteiger partial charge in [0.05, 0.1) is 7.11 Å². The molecule has 1 heterocycles. The molecular formula is C13H20N2O. The second-order valence-electron chi connectivity index (χ2n) is 4.37. The van der Waals surface area contributed by atoms with E-state index in [9.17, 15) is 0 Å². The van der Waals surface area contributed by atoms with Crippen LogP contribution in [-0.2, 0) is 0 Å². The lowest BCUT2D eigenvalue weighted by Crippen LogP contribution is -2.23. The van der Waals surface area contributed by atoms with E-state index in [1.807, 2.05) is 12.1 Å². The van der Waals surface area contributed by atoms with Crippen LogP contribution >= 0.6 is 0 Å². The van der Waals surface area contributed by atoms with Gasteiger partial charge in [-0.1, -0.05) is 12.1 Å². The summed E-state index contributed by atoms with van der Waals surface area (Å²) in [4.78, 5) is 0. The Bertz CT molecular complexity index is 334. The van der Waals surface area contributed by atoms with Crippen LogP contribution in [0.1, 0.15) is 17.9 Å². The zero-order valence-electron chi connectivity index (χ0n) is 9.78. The molecule has 0 bridgehead atoms. The molecule has 0 aromatic heterocycles. The first kappa shape index (κ1) is 11.4. The number of ether oxygens (including phenoxy) is 1. The molecule has 1 aliphatic heterocycles. The summed E-state index contributed by atoms with van der Waals surface area (Å²) < 4.78 is 5.26. The molecule has 0 aliphatic carbocycles. The lowest BCUT2D eigenvalue weighted by atomic mass is 9.85. The van der Waals surface area contributed by atoms with Crippen molar-refractivity contribution in [1.82, 2.24) is 5.32 Å². The first-order valence-electron chi connectivity index (χ1n) is 5.90. The maximum Gasteiger partial charge on any atom is 0.119 e. The molecule has 1 aliphatic rings. The molecule has 0 spiro atoms. The second kappa shape index (κ2) is 5.32. The van der Waals surface area contributed by atoms with Crippen molar-refractivity contribution >= 4 is 0 Å². The van der Waals surface area contributed by atoms with Gasteiger partial charge in [0.2, 0.25) is 0 Å². The van der Waals surface area contributed by atoms with Crippen LogP contribution in [0, 0.1) is 5.92 Å². The molecule has 88 valence electrons. The Morgan fingerprint density at radius 2 is 2.44 bits per heavy atom. The Morgan fingerprint density at radius 1 is 1.56 bits per heavy atom. The lowest BCUT2D eigenvalue weighted by Gasteiger charge is -2.22. The third kappa shape index (κ3) is 2.36. The summed E-state index contributed by atoms with van der Waals surface area (Å²) in [5.41, 5.74) is 7.21. The summed E-state index contributed by atoms with van der Waals surface area (Å²) in [6, 6.07) is 8.28. The van der Waals surface area contributed by atoms with E-state index in [2.05, 4.69) is 17.4 Å². The van der Waals surface area contributed by atoms with Crippen LogP contribution in [-0.4, -0.2) is 26.7 Å². The zero-order valence-corrected chi connectivity index (χ0v) is 9.78.